The van der Waals surface area contributed by atoms with Crippen LogP contribution in [0.15, 0.2) is 85.2 Å². The summed E-state index contributed by atoms with van der Waals surface area (Å²) in [6, 6.07) is 22.8. The first-order valence-corrected chi connectivity index (χ1v) is 16.2. The van der Waals surface area contributed by atoms with Gasteiger partial charge in [0.25, 0.3) is 0 Å². The smallest absolute Gasteiger partial charge is 0.397 e. The van der Waals surface area contributed by atoms with E-state index in [1.165, 1.54) is 9.80 Å². The molecule has 0 bridgehead atoms. The van der Waals surface area contributed by atoms with E-state index in [9.17, 15) is 19.2 Å². The molecule has 0 saturated carbocycles. The minimum Gasteiger partial charge on any atom is -0.459 e. The van der Waals surface area contributed by atoms with Crippen molar-refractivity contribution in [3.8, 4) is 0 Å². The first kappa shape index (κ1) is 38.7. The fourth-order valence-corrected chi connectivity index (χ4v) is 5.31. The second-order valence-electron chi connectivity index (χ2n) is 12.0. The van der Waals surface area contributed by atoms with Crippen LogP contribution in [0.1, 0.15) is 40.6 Å². The maximum atomic E-state index is 12.6. The molecule has 0 fully saturated rings. The van der Waals surface area contributed by atoms with Crippen molar-refractivity contribution >= 4 is 35.1 Å². The topological polar surface area (TPSA) is 142 Å². The van der Waals surface area contributed by atoms with Gasteiger partial charge in [0.05, 0.1) is 31.1 Å². The van der Waals surface area contributed by atoms with E-state index in [1.807, 2.05) is 119 Å². The maximum absolute atomic E-state index is 12.6. The highest BCUT2D eigenvalue weighted by atomic mass is 16.5. The maximum Gasteiger partial charge on any atom is 0.397 e. The van der Waals surface area contributed by atoms with Gasteiger partial charge in [-0.15, -0.1) is 0 Å². The molecule has 50 heavy (non-hydrogen) atoms. The molecule has 0 aliphatic heterocycles. The number of nitrogens with two attached hydrogens (primary N) is 1. The molecule has 2 heterocycles. The lowest BCUT2D eigenvalue weighted by Gasteiger charge is -2.24. The van der Waals surface area contributed by atoms with Crippen LogP contribution in [0.2, 0.25) is 0 Å². The normalized spacial score (nSPS) is 10.3. The average molecular weight is 682 g/mol. The molecular formula is C38H47N7O5. The Bertz CT molecular complexity index is 1750. The number of nitrogens with zero attached hydrogens (tertiary/aromatic N) is 6. The Morgan fingerprint density at radius 1 is 0.620 bits per heavy atom. The molecule has 12 nitrogen and oxygen atoms in total. The van der Waals surface area contributed by atoms with Crippen molar-refractivity contribution in [3.05, 3.63) is 119 Å². The van der Waals surface area contributed by atoms with Gasteiger partial charge in [-0.25, -0.2) is 4.79 Å². The molecule has 4 rings (SSSR count). The number of anilines is 2. The van der Waals surface area contributed by atoms with E-state index in [0.29, 0.717) is 24.5 Å². The minimum absolute atomic E-state index is 0.164. The van der Waals surface area contributed by atoms with E-state index in [0.717, 1.165) is 33.6 Å². The van der Waals surface area contributed by atoms with Gasteiger partial charge in [-0.1, -0.05) is 36.4 Å². The van der Waals surface area contributed by atoms with E-state index >= 15 is 0 Å². The SMILES string of the molecule is CCOC(=O)C(=O)N(Cc1ccccn1)Cc1cccc(N(C)C)c1C.Cc1c(CN(Cc2ccccn2)C(=O)C(N)=O)cccc1N(C)C. The Morgan fingerprint density at radius 2 is 1.06 bits per heavy atom. The van der Waals surface area contributed by atoms with Crippen LogP contribution in [-0.2, 0) is 50.1 Å². The number of aromatic nitrogens is 2. The summed E-state index contributed by atoms with van der Waals surface area (Å²) in [5.74, 6) is -3.18. The predicted molar refractivity (Wildman–Crippen MR) is 194 cm³/mol. The lowest BCUT2D eigenvalue weighted by Crippen LogP contribution is -2.39. The van der Waals surface area contributed by atoms with E-state index in [2.05, 4.69) is 9.97 Å². The first-order chi connectivity index (χ1) is 23.8. The minimum atomic E-state index is -0.965. The van der Waals surface area contributed by atoms with Gasteiger partial charge in [-0.3, -0.25) is 24.4 Å². The zero-order chi connectivity index (χ0) is 36.8. The number of hydrogen-bond donors (Lipinski definition) is 1. The monoisotopic (exact) mass is 681 g/mol. The number of carbonyl (C=O) groups is 4. The van der Waals surface area contributed by atoms with Crippen LogP contribution in [-0.4, -0.2) is 78.3 Å². The zero-order valence-corrected chi connectivity index (χ0v) is 29.9. The predicted octanol–water partition coefficient (Wildman–Crippen LogP) is 4.02. The summed E-state index contributed by atoms with van der Waals surface area (Å²) in [4.78, 5) is 63.6. The van der Waals surface area contributed by atoms with Gasteiger partial charge in [0.2, 0.25) is 0 Å². The lowest BCUT2D eigenvalue weighted by molar-refractivity contribution is -0.160. The molecular weight excluding hydrogens is 634 g/mol. The van der Waals surface area contributed by atoms with Crippen molar-refractivity contribution in [2.75, 3.05) is 44.6 Å². The highest BCUT2D eigenvalue weighted by molar-refractivity contribution is 6.34. The number of esters is 1. The van der Waals surface area contributed by atoms with Crippen LogP contribution in [0.4, 0.5) is 11.4 Å². The molecule has 0 radical (unpaired) electrons. The van der Waals surface area contributed by atoms with E-state index < -0.39 is 23.7 Å². The lowest BCUT2D eigenvalue weighted by atomic mass is 10.1. The molecule has 264 valence electrons. The van der Waals surface area contributed by atoms with Gasteiger partial charge in [-0.05, 0) is 79.4 Å². The number of primary amides is 1. The zero-order valence-electron chi connectivity index (χ0n) is 29.9. The summed E-state index contributed by atoms with van der Waals surface area (Å²) >= 11 is 0. The quantitative estimate of drug-likeness (QED) is 0.184. The third-order valence-electron chi connectivity index (χ3n) is 7.91. The summed E-state index contributed by atoms with van der Waals surface area (Å²) in [5.41, 5.74) is 12.8. The molecule has 0 unspecified atom stereocenters. The third-order valence-corrected chi connectivity index (χ3v) is 7.91. The second kappa shape index (κ2) is 18.7. The van der Waals surface area contributed by atoms with Crippen LogP contribution >= 0.6 is 0 Å². The van der Waals surface area contributed by atoms with Crippen molar-refractivity contribution in [1.82, 2.24) is 19.8 Å². The molecule has 0 saturated heterocycles. The molecule has 4 aromatic rings. The van der Waals surface area contributed by atoms with Crippen molar-refractivity contribution < 1.29 is 23.9 Å². The van der Waals surface area contributed by atoms with Crippen molar-refractivity contribution in [2.45, 2.75) is 47.0 Å². The number of hydrogen-bond acceptors (Lipinski definition) is 9. The van der Waals surface area contributed by atoms with E-state index in [4.69, 9.17) is 10.5 Å². The molecule has 12 heteroatoms. The Labute approximate surface area is 294 Å². The number of pyridine rings is 2. The van der Waals surface area contributed by atoms with Crippen molar-refractivity contribution in [2.24, 2.45) is 5.73 Å². The fourth-order valence-electron chi connectivity index (χ4n) is 5.31. The molecule has 0 aliphatic carbocycles. The van der Waals surface area contributed by atoms with Crippen molar-refractivity contribution in [1.29, 1.82) is 0 Å². The average Bonchev–Trinajstić information content (AvgIpc) is 3.09. The Hall–Kier alpha value is -5.78. The van der Waals surface area contributed by atoms with Crippen LogP contribution in [0.5, 0.6) is 0 Å². The van der Waals surface area contributed by atoms with Gasteiger partial charge < -0.3 is 30.1 Å². The third kappa shape index (κ3) is 10.9. The summed E-state index contributed by atoms with van der Waals surface area (Å²) in [7, 11) is 7.88. The van der Waals surface area contributed by atoms with Gasteiger partial charge in [-0.2, -0.15) is 0 Å². The van der Waals surface area contributed by atoms with Gasteiger partial charge in [0, 0.05) is 65.0 Å². The highest BCUT2D eigenvalue weighted by Gasteiger charge is 2.25. The van der Waals surface area contributed by atoms with Crippen LogP contribution in [0, 0.1) is 13.8 Å². The highest BCUT2D eigenvalue weighted by Crippen LogP contribution is 2.24. The number of carbonyl (C=O) groups excluding carboxylic acids is 4. The van der Waals surface area contributed by atoms with Crippen LogP contribution < -0.4 is 15.5 Å². The Balaban J connectivity index is 0.000000271. The Kier molecular flexibility index (Phi) is 14.4. The largest absolute Gasteiger partial charge is 0.459 e. The Morgan fingerprint density at radius 3 is 1.42 bits per heavy atom. The molecule has 0 aliphatic rings. The van der Waals surface area contributed by atoms with E-state index in [-0.39, 0.29) is 19.7 Å². The standard InChI is InChI=1S/C20H25N3O3.C18H22N4O2/c1-5-26-20(25)19(24)23(14-17-10-6-7-12-21-17)13-16-9-8-11-18(15(16)2)22(3)4;1-13-14(7-6-9-16(13)21(2)3)11-22(18(24)17(19)23)12-15-8-4-5-10-20-15/h6-12H,5,13-14H2,1-4H3;4-10H,11-12H2,1-3H3,(H2,19,23). The number of benzene rings is 2. The summed E-state index contributed by atoms with van der Waals surface area (Å²) in [6.07, 6.45) is 3.32. The number of rotatable bonds is 11. The number of amides is 3. The molecule has 2 N–H and O–H groups in total. The van der Waals surface area contributed by atoms with E-state index in [1.54, 1.807) is 25.4 Å². The summed E-state index contributed by atoms with van der Waals surface area (Å²) in [6.45, 7) is 6.93. The molecule has 2 aromatic carbocycles. The van der Waals surface area contributed by atoms with Gasteiger partial charge in [0.1, 0.15) is 0 Å². The summed E-state index contributed by atoms with van der Waals surface area (Å²) in [5, 5.41) is 0. The van der Waals surface area contributed by atoms with Crippen LogP contribution in [0.25, 0.3) is 0 Å². The second-order valence-corrected chi connectivity index (χ2v) is 12.0. The molecule has 0 atom stereocenters. The van der Waals surface area contributed by atoms with Gasteiger partial charge in [0.15, 0.2) is 0 Å². The first-order valence-electron chi connectivity index (χ1n) is 16.2. The molecule has 3 amide bonds. The number of ether oxygens (including phenoxy) is 1. The molecule has 2 aromatic heterocycles. The molecule has 0 spiro atoms. The van der Waals surface area contributed by atoms with Crippen LogP contribution in [0.3, 0.4) is 0 Å². The van der Waals surface area contributed by atoms with Gasteiger partial charge >= 0.3 is 23.7 Å². The fraction of sp³-hybridized carbons (Fsp3) is 0.316. The summed E-state index contributed by atoms with van der Waals surface area (Å²) < 4.78 is 4.89. The van der Waals surface area contributed by atoms with Crippen molar-refractivity contribution in [3.63, 3.8) is 0 Å².